The summed E-state index contributed by atoms with van der Waals surface area (Å²) in [6, 6.07) is 5.89. The van der Waals surface area contributed by atoms with Crippen LogP contribution < -0.4 is 10.6 Å². The van der Waals surface area contributed by atoms with Crippen LogP contribution in [0.1, 0.15) is 35.7 Å². The number of carbonyl (C=O) groups is 1. The Morgan fingerprint density at radius 2 is 2.37 bits per heavy atom. The van der Waals surface area contributed by atoms with Crippen LogP contribution in [0.4, 0.5) is 5.69 Å². The van der Waals surface area contributed by atoms with Crippen molar-refractivity contribution in [1.29, 1.82) is 0 Å². The predicted molar refractivity (Wildman–Crippen MR) is 76.7 cm³/mol. The number of anilines is 1. The summed E-state index contributed by atoms with van der Waals surface area (Å²) in [4.78, 5) is 12.0. The normalized spacial score (nSPS) is 13.5. The van der Waals surface area contributed by atoms with Crippen LogP contribution >= 0.6 is 0 Å². The van der Waals surface area contributed by atoms with Crippen molar-refractivity contribution in [2.45, 2.75) is 26.2 Å². The average molecular weight is 262 g/mol. The Kier molecular flexibility index (Phi) is 5.21. The van der Waals surface area contributed by atoms with Crippen molar-refractivity contribution >= 4 is 11.6 Å². The van der Waals surface area contributed by atoms with Crippen molar-refractivity contribution in [1.82, 2.24) is 5.32 Å². The first kappa shape index (κ1) is 13.9. The Balaban J connectivity index is 1.85. The van der Waals surface area contributed by atoms with Gasteiger partial charge in [0.25, 0.3) is 5.91 Å². The van der Waals surface area contributed by atoms with E-state index in [-0.39, 0.29) is 5.91 Å². The zero-order chi connectivity index (χ0) is 13.5. The van der Waals surface area contributed by atoms with Gasteiger partial charge >= 0.3 is 0 Å². The van der Waals surface area contributed by atoms with E-state index < -0.39 is 0 Å². The van der Waals surface area contributed by atoms with Gasteiger partial charge in [-0.1, -0.05) is 0 Å². The SMILES string of the molecule is CCOCCCNC(=O)c1ccc2c(c1)CCCN2. The number of ether oxygens (including phenoxy) is 1. The molecule has 104 valence electrons. The van der Waals surface area contributed by atoms with Crippen molar-refractivity contribution in [3.05, 3.63) is 29.3 Å². The van der Waals surface area contributed by atoms with E-state index in [4.69, 9.17) is 4.74 Å². The van der Waals surface area contributed by atoms with Crippen LogP contribution in [0.3, 0.4) is 0 Å². The van der Waals surface area contributed by atoms with Gasteiger partial charge in [0.05, 0.1) is 0 Å². The minimum atomic E-state index is 0.00451. The van der Waals surface area contributed by atoms with E-state index in [9.17, 15) is 4.79 Å². The Hall–Kier alpha value is -1.55. The second-order valence-electron chi connectivity index (χ2n) is 4.71. The summed E-state index contributed by atoms with van der Waals surface area (Å²) in [5, 5.41) is 6.27. The Labute approximate surface area is 114 Å². The topological polar surface area (TPSA) is 50.4 Å². The van der Waals surface area contributed by atoms with Gasteiger partial charge < -0.3 is 15.4 Å². The Bertz CT molecular complexity index is 432. The molecule has 0 saturated carbocycles. The molecule has 0 unspecified atom stereocenters. The number of rotatable bonds is 6. The first-order valence-electron chi connectivity index (χ1n) is 7.04. The average Bonchev–Trinajstić information content (AvgIpc) is 2.46. The van der Waals surface area contributed by atoms with Crippen molar-refractivity contribution in [3.8, 4) is 0 Å². The minimum Gasteiger partial charge on any atom is -0.385 e. The maximum Gasteiger partial charge on any atom is 0.251 e. The zero-order valence-electron chi connectivity index (χ0n) is 11.5. The molecule has 19 heavy (non-hydrogen) atoms. The third-order valence-electron chi connectivity index (χ3n) is 3.26. The maximum absolute atomic E-state index is 12.0. The van der Waals surface area contributed by atoms with Gasteiger partial charge in [-0.3, -0.25) is 4.79 Å². The fourth-order valence-corrected chi connectivity index (χ4v) is 2.24. The molecule has 4 heteroatoms. The first-order valence-corrected chi connectivity index (χ1v) is 7.04. The molecular formula is C15H22N2O2. The highest BCUT2D eigenvalue weighted by molar-refractivity contribution is 5.94. The van der Waals surface area contributed by atoms with Crippen molar-refractivity contribution < 1.29 is 9.53 Å². The van der Waals surface area contributed by atoms with Crippen LogP contribution in [0, 0.1) is 0 Å². The van der Waals surface area contributed by atoms with E-state index in [1.165, 1.54) is 11.3 Å². The van der Waals surface area contributed by atoms with Crippen molar-refractivity contribution in [3.63, 3.8) is 0 Å². The monoisotopic (exact) mass is 262 g/mol. The smallest absolute Gasteiger partial charge is 0.251 e. The highest BCUT2D eigenvalue weighted by Gasteiger charge is 2.11. The summed E-state index contributed by atoms with van der Waals surface area (Å²) in [6.45, 7) is 5.08. The van der Waals surface area contributed by atoms with Crippen LogP contribution in [0.25, 0.3) is 0 Å². The summed E-state index contributed by atoms with van der Waals surface area (Å²) >= 11 is 0. The highest BCUT2D eigenvalue weighted by Crippen LogP contribution is 2.22. The summed E-state index contributed by atoms with van der Waals surface area (Å²) in [5.74, 6) is 0.00451. The van der Waals surface area contributed by atoms with Crippen LogP contribution in [0.2, 0.25) is 0 Å². The molecule has 1 aliphatic rings. The molecule has 4 nitrogen and oxygen atoms in total. The summed E-state index contributed by atoms with van der Waals surface area (Å²) in [5.41, 5.74) is 3.16. The number of amides is 1. The lowest BCUT2D eigenvalue weighted by Gasteiger charge is -2.18. The lowest BCUT2D eigenvalue weighted by Crippen LogP contribution is -2.25. The van der Waals surface area contributed by atoms with E-state index in [1.807, 2.05) is 25.1 Å². The molecule has 0 radical (unpaired) electrons. The summed E-state index contributed by atoms with van der Waals surface area (Å²) in [7, 11) is 0. The number of nitrogens with one attached hydrogen (secondary N) is 2. The van der Waals surface area contributed by atoms with E-state index in [2.05, 4.69) is 10.6 Å². The molecule has 0 aliphatic carbocycles. The van der Waals surface area contributed by atoms with Crippen molar-refractivity contribution in [2.24, 2.45) is 0 Å². The second-order valence-corrected chi connectivity index (χ2v) is 4.71. The molecule has 0 saturated heterocycles. The molecule has 0 aromatic heterocycles. The minimum absolute atomic E-state index is 0.00451. The number of aryl methyl sites for hydroxylation is 1. The fraction of sp³-hybridized carbons (Fsp3) is 0.533. The molecule has 0 bridgehead atoms. The number of hydrogen-bond donors (Lipinski definition) is 2. The van der Waals surface area contributed by atoms with Gasteiger partial charge in [0.2, 0.25) is 0 Å². The van der Waals surface area contributed by atoms with Gasteiger partial charge in [-0.05, 0) is 49.9 Å². The highest BCUT2D eigenvalue weighted by atomic mass is 16.5. The van der Waals surface area contributed by atoms with Crippen LogP contribution in [0.5, 0.6) is 0 Å². The number of hydrogen-bond acceptors (Lipinski definition) is 3. The van der Waals surface area contributed by atoms with Crippen molar-refractivity contribution in [2.75, 3.05) is 31.6 Å². The molecular weight excluding hydrogens is 240 g/mol. The lowest BCUT2D eigenvalue weighted by molar-refractivity contribution is 0.0944. The zero-order valence-corrected chi connectivity index (χ0v) is 11.5. The molecule has 0 atom stereocenters. The number of benzene rings is 1. The summed E-state index contributed by atoms with van der Waals surface area (Å²) in [6.07, 6.45) is 3.03. The van der Waals surface area contributed by atoms with Crippen LogP contribution in [0.15, 0.2) is 18.2 Å². The van der Waals surface area contributed by atoms with Gasteiger partial charge in [-0.25, -0.2) is 0 Å². The molecule has 1 heterocycles. The third kappa shape index (κ3) is 3.96. The maximum atomic E-state index is 12.0. The van der Waals surface area contributed by atoms with Gasteiger partial charge in [-0.15, -0.1) is 0 Å². The third-order valence-corrected chi connectivity index (χ3v) is 3.26. The van der Waals surface area contributed by atoms with E-state index >= 15 is 0 Å². The van der Waals surface area contributed by atoms with Gasteiger partial charge in [0.15, 0.2) is 0 Å². The van der Waals surface area contributed by atoms with Gasteiger partial charge in [0.1, 0.15) is 0 Å². The lowest BCUT2D eigenvalue weighted by atomic mass is 10.0. The molecule has 0 fully saturated rings. The Morgan fingerprint density at radius 1 is 1.47 bits per heavy atom. The van der Waals surface area contributed by atoms with E-state index in [0.29, 0.717) is 13.2 Å². The predicted octanol–water partition coefficient (Wildman–Crippen LogP) is 2.20. The number of carbonyl (C=O) groups excluding carboxylic acids is 1. The van der Waals surface area contributed by atoms with Gasteiger partial charge in [0, 0.05) is 37.6 Å². The van der Waals surface area contributed by atoms with Gasteiger partial charge in [-0.2, -0.15) is 0 Å². The van der Waals surface area contributed by atoms with E-state index in [0.717, 1.165) is 38.0 Å². The second kappa shape index (κ2) is 7.14. The quantitative estimate of drug-likeness (QED) is 0.773. The summed E-state index contributed by atoms with van der Waals surface area (Å²) < 4.78 is 5.24. The fourth-order valence-electron chi connectivity index (χ4n) is 2.24. The molecule has 1 aromatic rings. The molecule has 1 aliphatic heterocycles. The number of fused-ring (bicyclic) bond motifs is 1. The molecule has 0 spiro atoms. The van der Waals surface area contributed by atoms with Crippen LogP contribution in [-0.2, 0) is 11.2 Å². The first-order chi connectivity index (χ1) is 9.31. The standard InChI is InChI=1S/C15H22N2O2/c1-2-19-10-4-9-17-15(18)13-6-7-14-12(11-13)5-3-8-16-14/h6-7,11,16H,2-5,8-10H2,1H3,(H,17,18). The largest absolute Gasteiger partial charge is 0.385 e. The molecule has 1 aromatic carbocycles. The van der Waals surface area contributed by atoms with E-state index in [1.54, 1.807) is 0 Å². The molecule has 2 N–H and O–H groups in total. The molecule has 1 amide bonds. The molecule has 2 rings (SSSR count). The Morgan fingerprint density at radius 3 is 3.21 bits per heavy atom. The van der Waals surface area contributed by atoms with Crippen LogP contribution in [-0.4, -0.2) is 32.2 Å².